The second kappa shape index (κ2) is 7.03. The highest BCUT2D eigenvalue weighted by Crippen LogP contribution is 2.66. The molecule has 0 aromatic heterocycles. The summed E-state index contributed by atoms with van der Waals surface area (Å²) >= 11 is 0. The van der Waals surface area contributed by atoms with E-state index in [1.54, 1.807) is 0 Å². The van der Waals surface area contributed by atoms with E-state index in [0.717, 1.165) is 44.6 Å². The zero-order chi connectivity index (χ0) is 21.7. The summed E-state index contributed by atoms with van der Waals surface area (Å²) in [6.45, 7) is 9.23. The van der Waals surface area contributed by atoms with Gasteiger partial charge in [0.15, 0.2) is 0 Å². The lowest BCUT2D eigenvalue weighted by Gasteiger charge is -2.59. The van der Waals surface area contributed by atoms with Crippen LogP contribution < -0.4 is 0 Å². The van der Waals surface area contributed by atoms with Crippen LogP contribution in [0.4, 0.5) is 0 Å². The van der Waals surface area contributed by atoms with Gasteiger partial charge in [0.25, 0.3) is 0 Å². The lowest BCUT2D eigenvalue weighted by atomic mass is 9.51. The Balaban J connectivity index is 1.31. The summed E-state index contributed by atoms with van der Waals surface area (Å²) in [4.78, 5) is 15.9. The number of nitrogens with zero attached hydrogens (tertiary/aromatic N) is 1. The van der Waals surface area contributed by atoms with Gasteiger partial charge in [-0.3, -0.25) is 9.69 Å². The number of rotatable bonds is 0. The predicted molar refractivity (Wildman–Crippen MR) is 120 cm³/mol. The Labute approximate surface area is 188 Å². The first-order chi connectivity index (χ1) is 14.7. The average Bonchev–Trinajstić information content (AvgIpc) is 3.09. The number of fused-ring (bicyclic) bond motifs is 8. The fourth-order valence-corrected chi connectivity index (χ4v) is 10.4. The molecule has 0 aromatic rings. The molecule has 0 aromatic carbocycles. The smallest absolute Gasteiger partial charge is 0.136 e. The third-order valence-electron chi connectivity index (χ3n) is 11.8. The number of Topliss-reactive ketones (excluding diaryl/α,β-unsaturated/α-hetero) is 1. The minimum absolute atomic E-state index is 0.0789. The van der Waals surface area contributed by atoms with Gasteiger partial charge in [-0.15, -0.1) is 0 Å². The lowest BCUT2D eigenvalue weighted by Crippen LogP contribution is -2.67. The highest BCUT2D eigenvalue weighted by atomic mass is 16.3. The normalized spacial score (nSPS) is 59.2. The molecular formula is C27H43NO3. The standard InChI is InChI=1S/C27H43NO3/c1-15-4-7-25-27(3,31)21-6-5-17-18(20(21)14-28(25)13-15)11-22-19(17)12-24(30)23-10-16(29)8-9-26(22,23)2/h15-23,25,29,31H,4-14H2,1-3H3/t15-,16-,17+,18-,19+,20-,21+,22+,23+,25+,26+,27-/m0/s1. The highest BCUT2D eigenvalue weighted by Gasteiger charge is 2.64. The second-order valence-corrected chi connectivity index (χ2v) is 13.2. The molecule has 6 rings (SSSR count). The molecule has 2 aliphatic heterocycles. The zero-order valence-electron chi connectivity index (χ0n) is 19.8. The first-order valence-electron chi connectivity index (χ1n) is 13.4. The molecule has 4 heteroatoms. The summed E-state index contributed by atoms with van der Waals surface area (Å²) in [6.07, 6.45) is 9.08. The molecule has 6 fully saturated rings. The molecule has 0 bridgehead atoms. The number of hydrogen-bond acceptors (Lipinski definition) is 4. The van der Waals surface area contributed by atoms with E-state index in [4.69, 9.17) is 0 Å². The molecule has 0 unspecified atom stereocenters. The van der Waals surface area contributed by atoms with Crippen LogP contribution in [0.1, 0.15) is 78.6 Å². The van der Waals surface area contributed by atoms with Crippen molar-refractivity contribution in [2.24, 2.45) is 52.8 Å². The molecule has 174 valence electrons. The minimum atomic E-state index is -0.570. The van der Waals surface area contributed by atoms with Crippen molar-refractivity contribution in [3.8, 4) is 0 Å². The van der Waals surface area contributed by atoms with Crippen LogP contribution in [0.25, 0.3) is 0 Å². The Bertz CT molecular complexity index is 751. The Kier molecular flexibility index (Phi) is 4.78. The van der Waals surface area contributed by atoms with Gasteiger partial charge in [0.2, 0.25) is 0 Å². The third-order valence-corrected chi connectivity index (χ3v) is 11.8. The van der Waals surface area contributed by atoms with Crippen molar-refractivity contribution < 1.29 is 15.0 Å². The number of aliphatic hydroxyl groups is 2. The predicted octanol–water partition coefficient (Wildman–Crippen LogP) is 3.89. The van der Waals surface area contributed by atoms with Crippen molar-refractivity contribution in [2.75, 3.05) is 13.1 Å². The number of piperidine rings is 2. The fraction of sp³-hybridized carbons (Fsp3) is 0.963. The van der Waals surface area contributed by atoms with Gasteiger partial charge in [-0.25, -0.2) is 0 Å². The summed E-state index contributed by atoms with van der Waals surface area (Å²) in [6, 6.07) is 0.341. The van der Waals surface area contributed by atoms with E-state index in [2.05, 4.69) is 25.7 Å². The van der Waals surface area contributed by atoms with E-state index in [1.165, 1.54) is 25.8 Å². The van der Waals surface area contributed by atoms with Gasteiger partial charge < -0.3 is 10.2 Å². The summed E-state index contributed by atoms with van der Waals surface area (Å²) in [5, 5.41) is 22.1. The maximum Gasteiger partial charge on any atom is 0.136 e. The maximum atomic E-state index is 13.2. The summed E-state index contributed by atoms with van der Waals surface area (Å²) < 4.78 is 0. The fourth-order valence-electron chi connectivity index (χ4n) is 10.4. The number of carbonyl (C=O) groups is 1. The molecule has 12 atom stereocenters. The van der Waals surface area contributed by atoms with Crippen LogP contribution in [0.2, 0.25) is 0 Å². The molecule has 2 saturated heterocycles. The maximum absolute atomic E-state index is 13.2. The summed E-state index contributed by atoms with van der Waals surface area (Å²) in [5.74, 6) is 4.82. The van der Waals surface area contributed by atoms with Crippen LogP contribution in [-0.2, 0) is 4.79 Å². The number of ketones is 1. The van der Waals surface area contributed by atoms with E-state index >= 15 is 0 Å². The SMILES string of the molecule is C[C@H]1CC[C@H]2N(C1)C[C@H]1[C@H]3C[C@@H]4[C@H](CC(=O)[C@H]5C[C@@H](O)CC[C@@]54C)[C@@H]3CC[C@H]1[C@]2(C)O. The van der Waals surface area contributed by atoms with Gasteiger partial charge in [0.05, 0.1) is 11.7 Å². The topological polar surface area (TPSA) is 60.8 Å². The van der Waals surface area contributed by atoms with Gasteiger partial charge in [0.1, 0.15) is 5.78 Å². The van der Waals surface area contributed by atoms with Crippen molar-refractivity contribution in [1.82, 2.24) is 4.90 Å². The molecule has 4 saturated carbocycles. The molecule has 0 radical (unpaired) electrons. The Hall–Kier alpha value is -0.450. The van der Waals surface area contributed by atoms with Crippen molar-refractivity contribution >= 4 is 5.78 Å². The van der Waals surface area contributed by atoms with Gasteiger partial charge in [-0.05, 0) is 105 Å². The molecular weight excluding hydrogens is 386 g/mol. The highest BCUT2D eigenvalue weighted by molar-refractivity contribution is 5.83. The van der Waals surface area contributed by atoms with E-state index in [1.807, 2.05) is 0 Å². The first kappa shape index (κ1) is 21.1. The molecule has 2 heterocycles. The van der Waals surface area contributed by atoms with Crippen LogP contribution >= 0.6 is 0 Å². The van der Waals surface area contributed by atoms with Crippen molar-refractivity contribution in [3.05, 3.63) is 0 Å². The van der Waals surface area contributed by atoms with E-state index in [9.17, 15) is 15.0 Å². The second-order valence-electron chi connectivity index (χ2n) is 13.2. The molecule has 2 N–H and O–H groups in total. The Morgan fingerprint density at radius 2 is 1.71 bits per heavy atom. The van der Waals surface area contributed by atoms with Gasteiger partial charge in [-0.1, -0.05) is 13.8 Å². The molecule has 31 heavy (non-hydrogen) atoms. The van der Waals surface area contributed by atoms with E-state index < -0.39 is 5.60 Å². The van der Waals surface area contributed by atoms with Gasteiger partial charge >= 0.3 is 0 Å². The third kappa shape index (κ3) is 2.93. The summed E-state index contributed by atoms with van der Waals surface area (Å²) in [5.41, 5.74) is -0.482. The Morgan fingerprint density at radius 3 is 2.52 bits per heavy atom. The quantitative estimate of drug-likeness (QED) is 0.613. The number of hydrogen-bond donors (Lipinski definition) is 2. The van der Waals surface area contributed by atoms with Crippen molar-refractivity contribution in [2.45, 2.75) is 96.3 Å². The molecule has 4 aliphatic carbocycles. The molecule has 0 amide bonds. The summed E-state index contributed by atoms with van der Waals surface area (Å²) in [7, 11) is 0. The first-order valence-corrected chi connectivity index (χ1v) is 13.4. The molecule has 0 spiro atoms. The van der Waals surface area contributed by atoms with Crippen LogP contribution in [0.5, 0.6) is 0 Å². The van der Waals surface area contributed by atoms with Crippen molar-refractivity contribution in [3.63, 3.8) is 0 Å². The van der Waals surface area contributed by atoms with Gasteiger partial charge in [0, 0.05) is 31.5 Å². The van der Waals surface area contributed by atoms with Gasteiger partial charge in [-0.2, -0.15) is 0 Å². The number of carbonyl (C=O) groups excluding carboxylic acids is 1. The molecule has 6 aliphatic rings. The largest absolute Gasteiger partial charge is 0.393 e. The van der Waals surface area contributed by atoms with Crippen molar-refractivity contribution in [1.29, 1.82) is 0 Å². The average molecular weight is 430 g/mol. The lowest BCUT2D eigenvalue weighted by molar-refractivity contribution is -0.175. The monoisotopic (exact) mass is 429 g/mol. The van der Waals surface area contributed by atoms with E-state index in [0.29, 0.717) is 53.8 Å². The minimum Gasteiger partial charge on any atom is -0.393 e. The zero-order valence-corrected chi connectivity index (χ0v) is 19.8. The van der Waals surface area contributed by atoms with Crippen LogP contribution in [0.3, 0.4) is 0 Å². The Morgan fingerprint density at radius 1 is 0.903 bits per heavy atom. The molecule has 4 nitrogen and oxygen atoms in total. The van der Waals surface area contributed by atoms with E-state index in [-0.39, 0.29) is 17.4 Å². The van der Waals surface area contributed by atoms with Crippen LogP contribution in [-0.4, -0.2) is 51.7 Å². The number of aliphatic hydroxyl groups excluding tert-OH is 1. The van der Waals surface area contributed by atoms with Crippen LogP contribution in [0, 0.1) is 52.8 Å². The van der Waals surface area contributed by atoms with Crippen LogP contribution in [0.15, 0.2) is 0 Å².